The predicted molar refractivity (Wildman–Crippen MR) is 82.4 cm³/mol. The van der Waals surface area contributed by atoms with Crippen molar-refractivity contribution in [1.29, 1.82) is 0 Å². The Balaban J connectivity index is 1.66. The van der Waals surface area contributed by atoms with E-state index in [9.17, 15) is 9.59 Å². The maximum Gasteiger partial charge on any atom is 0.310 e. The van der Waals surface area contributed by atoms with Gasteiger partial charge in [0.1, 0.15) is 6.10 Å². The topological polar surface area (TPSA) is 46.6 Å². The monoisotopic (exact) mass is 299 g/mol. The second kappa shape index (κ2) is 4.58. The van der Waals surface area contributed by atoms with Gasteiger partial charge in [-0.05, 0) is 43.7 Å². The second-order valence-corrected chi connectivity index (χ2v) is 7.06. The number of amides is 1. The number of rotatable bonds is 2. The molecule has 2 aliphatic carbocycles. The highest BCUT2D eigenvalue weighted by atomic mass is 16.6. The first-order valence-corrected chi connectivity index (χ1v) is 8.03. The minimum atomic E-state index is -0.206. The van der Waals surface area contributed by atoms with Crippen LogP contribution >= 0.6 is 0 Å². The Hall–Kier alpha value is -1.84. The normalized spacial score (nSPS) is 34.9. The Morgan fingerprint density at radius 2 is 1.91 bits per heavy atom. The third-order valence-corrected chi connectivity index (χ3v) is 5.87. The number of hydrogen-bond donors (Lipinski definition) is 0. The minimum absolute atomic E-state index is 0.0761. The fourth-order valence-corrected chi connectivity index (χ4v) is 5.01. The maximum absolute atomic E-state index is 13.1. The number of carbonyl (C=O) groups excluding carboxylic acids is 2. The van der Waals surface area contributed by atoms with Crippen LogP contribution in [0.25, 0.3) is 0 Å². The fourth-order valence-electron chi connectivity index (χ4n) is 5.01. The van der Waals surface area contributed by atoms with Gasteiger partial charge in [0.05, 0.1) is 11.8 Å². The molecular weight excluding hydrogens is 278 g/mol. The molecule has 1 amide bonds. The average Bonchev–Trinajstić information content (AvgIpc) is 3.07. The Bertz CT molecular complexity index is 646. The highest BCUT2D eigenvalue weighted by Gasteiger charge is 2.64. The maximum atomic E-state index is 13.1. The SMILES string of the molecule is Cc1cccc(C)c1N(C)C(=O)C1C2CC3OC(=O)C1C3C2. The van der Waals surface area contributed by atoms with Gasteiger partial charge in [0.2, 0.25) is 5.91 Å². The molecule has 4 heteroatoms. The van der Waals surface area contributed by atoms with Crippen LogP contribution in [0.2, 0.25) is 0 Å². The predicted octanol–water partition coefficient (Wildman–Crippen LogP) is 2.46. The molecule has 22 heavy (non-hydrogen) atoms. The summed E-state index contributed by atoms with van der Waals surface area (Å²) in [5, 5.41) is 0. The van der Waals surface area contributed by atoms with E-state index in [2.05, 4.69) is 0 Å². The Morgan fingerprint density at radius 1 is 1.23 bits per heavy atom. The van der Waals surface area contributed by atoms with Gasteiger partial charge in [0, 0.05) is 18.7 Å². The van der Waals surface area contributed by atoms with E-state index in [4.69, 9.17) is 4.74 Å². The van der Waals surface area contributed by atoms with E-state index in [1.54, 1.807) is 4.90 Å². The number of para-hydroxylation sites is 1. The van der Waals surface area contributed by atoms with Gasteiger partial charge in [-0.15, -0.1) is 0 Å². The van der Waals surface area contributed by atoms with Crippen LogP contribution in [0, 0.1) is 37.5 Å². The molecule has 2 saturated carbocycles. The molecule has 116 valence electrons. The van der Waals surface area contributed by atoms with Gasteiger partial charge in [-0.3, -0.25) is 9.59 Å². The number of nitrogens with zero attached hydrogens (tertiary/aromatic N) is 1. The lowest BCUT2D eigenvalue weighted by Gasteiger charge is -2.30. The molecule has 1 aromatic carbocycles. The molecule has 1 saturated heterocycles. The highest BCUT2D eigenvalue weighted by molar-refractivity contribution is 5.99. The summed E-state index contributed by atoms with van der Waals surface area (Å²) in [6, 6.07) is 6.04. The largest absolute Gasteiger partial charge is 0.462 e. The smallest absolute Gasteiger partial charge is 0.310 e. The molecule has 0 radical (unpaired) electrons. The summed E-state index contributed by atoms with van der Waals surface area (Å²) in [4.78, 5) is 27.0. The van der Waals surface area contributed by atoms with E-state index in [-0.39, 0.29) is 35.7 Å². The molecule has 4 rings (SSSR count). The summed E-state index contributed by atoms with van der Waals surface area (Å²) in [5.74, 6) is 0.113. The lowest BCUT2D eigenvalue weighted by atomic mass is 9.79. The molecule has 0 aromatic heterocycles. The van der Waals surface area contributed by atoms with Crippen LogP contribution in [-0.4, -0.2) is 25.0 Å². The molecule has 5 unspecified atom stereocenters. The number of fused-ring (bicyclic) bond motifs is 1. The van der Waals surface area contributed by atoms with Crippen molar-refractivity contribution in [3.8, 4) is 0 Å². The summed E-state index contributed by atoms with van der Waals surface area (Å²) in [6.07, 6.45) is 1.92. The molecule has 1 aliphatic heterocycles. The van der Waals surface area contributed by atoms with E-state index in [1.807, 2.05) is 39.1 Å². The first-order valence-electron chi connectivity index (χ1n) is 8.03. The molecule has 0 N–H and O–H groups in total. The lowest BCUT2D eigenvalue weighted by Crippen LogP contribution is -2.41. The summed E-state index contributed by atoms with van der Waals surface area (Å²) >= 11 is 0. The van der Waals surface area contributed by atoms with Crippen LogP contribution in [0.5, 0.6) is 0 Å². The van der Waals surface area contributed by atoms with E-state index in [0.717, 1.165) is 29.7 Å². The third-order valence-electron chi connectivity index (χ3n) is 5.87. The van der Waals surface area contributed by atoms with E-state index in [0.29, 0.717) is 5.92 Å². The van der Waals surface area contributed by atoms with Crippen LogP contribution in [0.1, 0.15) is 24.0 Å². The number of esters is 1. The summed E-state index contributed by atoms with van der Waals surface area (Å²) in [5.41, 5.74) is 3.15. The van der Waals surface area contributed by atoms with Crippen molar-refractivity contribution < 1.29 is 14.3 Å². The Labute approximate surface area is 130 Å². The van der Waals surface area contributed by atoms with Crippen molar-refractivity contribution in [3.05, 3.63) is 29.3 Å². The van der Waals surface area contributed by atoms with Gasteiger partial charge in [-0.2, -0.15) is 0 Å². The molecule has 5 atom stereocenters. The van der Waals surface area contributed by atoms with E-state index < -0.39 is 0 Å². The zero-order chi connectivity index (χ0) is 15.6. The average molecular weight is 299 g/mol. The quantitative estimate of drug-likeness (QED) is 0.788. The molecule has 4 nitrogen and oxygen atoms in total. The first-order chi connectivity index (χ1) is 10.5. The van der Waals surface area contributed by atoms with Crippen molar-refractivity contribution in [3.63, 3.8) is 0 Å². The van der Waals surface area contributed by atoms with Gasteiger partial charge in [0.15, 0.2) is 0 Å². The molecule has 2 bridgehead atoms. The number of hydrogen-bond acceptors (Lipinski definition) is 3. The van der Waals surface area contributed by atoms with Gasteiger partial charge in [-0.1, -0.05) is 18.2 Å². The standard InChI is InChI=1S/C18H21NO3/c1-9-5-4-6-10(2)16(9)19(3)17(20)14-11-7-12-13(8-11)22-18(21)15(12)14/h4-6,11-15H,7-8H2,1-3H3. The van der Waals surface area contributed by atoms with Crippen molar-refractivity contribution in [2.75, 3.05) is 11.9 Å². The molecule has 3 fully saturated rings. The van der Waals surface area contributed by atoms with Gasteiger partial charge < -0.3 is 9.64 Å². The van der Waals surface area contributed by atoms with Crippen LogP contribution in [0.3, 0.4) is 0 Å². The third kappa shape index (κ3) is 1.70. The Morgan fingerprint density at radius 3 is 2.59 bits per heavy atom. The number of benzene rings is 1. The zero-order valence-electron chi connectivity index (χ0n) is 13.2. The van der Waals surface area contributed by atoms with Crippen LogP contribution in [-0.2, 0) is 14.3 Å². The molecule has 3 aliphatic rings. The van der Waals surface area contributed by atoms with Crippen molar-refractivity contribution in [2.45, 2.75) is 32.8 Å². The summed E-state index contributed by atoms with van der Waals surface area (Å²) in [7, 11) is 1.83. The molecule has 0 spiro atoms. The van der Waals surface area contributed by atoms with E-state index >= 15 is 0 Å². The van der Waals surface area contributed by atoms with Crippen molar-refractivity contribution >= 4 is 17.6 Å². The number of anilines is 1. The number of ether oxygens (including phenoxy) is 1. The Kier molecular flexibility index (Phi) is 2.87. The van der Waals surface area contributed by atoms with Gasteiger partial charge in [-0.25, -0.2) is 0 Å². The van der Waals surface area contributed by atoms with Gasteiger partial charge in [0.25, 0.3) is 0 Å². The van der Waals surface area contributed by atoms with E-state index in [1.165, 1.54) is 0 Å². The van der Waals surface area contributed by atoms with Gasteiger partial charge >= 0.3 is 5.97 Å². The fraction of sp³-hybridized carbons (Fsp3) is 0.556. The zero-order valence-corrected chi connectivity index (χ0v) is 13.2. The minimum Gasteiger partial charge on any atom is -0.462 e. The summed E-state index contributed by atoms with van der Waals surface area (Å²) < 4.78 is 5.44. The van der Waals surface area contributed by atoms with Crippen molar-refractivity contribution in [2.24, 2.45) is 23.7 Å². The first kappa shape index (κ1) is 13.8. The van der Waals surface area contributed by atoms with Crippen LogP contribution in [0.15, 0.2) is 18.2 Å². The summed E-state index contributed by atoms with van der Waals surface area (Å²) in [6.45, 7) is 4.04. The van der Waals surface area contributed by atoms with Crippen LogP contribution in [0.4, 0.5) is 5.69 Å². The molecular formula is C18H21NO3. The van der Waals surface area contributed by atoms with Crippen molar-refractivity contribution in [1.82, 2.24) is 0 Å². The highest BCUT2D eigenvalue weighted by Crippen LogP contribution is 2.58. The molecule has 1 aromatic rings. The van der Waals surface area contributed by atoms with Crippen LogP contribution < -0.4 is 4.90 Å². The second-order valence-electron chi connectivity index (χ2n) is 7.06. The molecule has 1 heterocycles. The number of carbonyl (C=O) groups is 2. The lowest BCUT2D eigenvalue weighted by molar-refractivity contribution is -0.145. The number of aryl methyl sites for hydroxylation is 2.